The van der Waals surface area contributed by atoms with E-state index in [4.69, 9.17) is 5.73 Å². The van der Waals surface area contributed by atoms with Crippen molar-refractivity contribution in [3.63, 3.8) is 0 Å². The first-order chi connectivity index (χ1) is 7.20. The first kappa shape index (κ1) is 11.7. The second-order valence-corrected chi connectivity index (χ2v) is 3.16. The molecule has 0 saturated heterocycles. The number of carbonyl (C=O) groups is 1. The Labute approximate surface area is 88.0 Å². The molecule has 4 heteroatoms. The van der Waals surface area contributed by atoms with Gasteiger partial charge in [0, 0.05) is 6.04 Å². The van der Waals surface area contributed by atoms with Crippen LogP contribution in [-0.4, -0.2) is 19.8 Å². The molecule has 0 fully saturated rings. The standard InChI is InChI=1S/C11H14FNO2/c1-15-11(14)9-5-3-2-4-8(9)10(13)6-7-12/h2-5,10H,6-7,13H2,1H3/t10-/m0/s1. The summed E-state index contributed by atoms with van der Waals surface area (Å²) in [5, 5.41) is 0. The van der Waals surface area contributed by atoms with Crippen LogP contribution in [0.2, 0.25) is 0 Å². The highest BCUT2D eigenvalue weighted by atomic mass is 19.1. The van der Waals surface area contributed by atoms with E-state index in [1.54, 1.807) is 24.3 Å². The van der Waals surface area contributed by atoms with Crippen molar-refractivity contribution in [2.75, 3.05) is 13.8 Å². The summed E-state index contributed by atoms with van der Waals surface area (Å²) in [4.78, 5) is 11.4. The monoisotopic (exact) mass is 211 g/mol. The SMILES string of the molecule is COC(=O)c1ccccc1[C@@H](N)CCF. The minimum absolute atomic E-state index is 0.202. The number of benzene rings is 1. The lowest BCUT2D eigenvalue weighted by Gasteiger charge is -2.13. The Kier molecular flexibility index (Phi) is 4.24. The Balaban J connectivity index is 3.00. The van der Waals surface area contributed by atoms with E-state index in [0.717, 1.165) is 0 Å². The molecule has 0 aliphatic rings. The van der Waals surface area contributed by atoms with Crippen molar-refractivity contribution < 1.29 is 13.9 Å². The molecule has 0 bridgehead atoms. The summed E-state index contributed by atoms with van der Waals surface area (Å²) in [5.41, 5.74) is 6.78. The van der Waals surface area contributed by atoms with Crippen molar-refractivity contribution in [3.8, 4) is 0 Å². The molecule has 0 saturated carbocycles. The third kappa shape index (κ3) is 2.76. The molecule has 0 radical (unpaired) electrons. The van der Waals surface area contributed by atoms with Gasteiger partial charge < -0.3 is 10.5 Å². The van der Waals surface area contributed by atoms with Crippen LogP contribution in [0, 0.1) is 0 Å². The van der Waals surface area contributed by atoms with E-state index in [0.29, 0.717) is 11.1 Å². The minimum atomic E-state index is -0.503. The molecule has 0 spiro atoms. The summed E-state index contributed by atoms with van der Waals surface area (Å²) in [7, 11) is 1.31. The fourth-order valence-corrected chi connectivity index (χ4v) is 1.39. The minimum Gasteiger partial charge on any atom is -0.465 e. The maximum absolute atomic E-state index is 12.1. The Morgan fingerprint density at radius 1 is 1.53 bits per heavy atom. The van der Waals surface area contributed by atoms with Crippen LogP contribution in [0.1, 0.15) is 28.4 Å². The van der Waals surface area contributed by atoms with Crippen LogP contribution < -0.4 is 5.73 Å². The second-order valence-electron chi connectivity index (χ2n) is 3.16. The Morgan fingerprint density at radius 3 is 2.80 bits per heavy atom. The molecular formula is C11H14FNO2. The zero-order chi connectivity index (χ0) is 11.3. The lowest BCUT2D eigenvalue weighted by Crippen LogP contribution is -2.16. The second kappa shape index (κ2) is 5.46. The third-order valence-corrected chi connectivity index (χ3v) is 2.19. The van der Waals surface area contributed by atoms with Crippen LogP contribution in [0.4, 0.5) is 4.39 Å². The smallest absolute Gasteiger partial charge is 0.338 e. The highest BCUT2D eigenvalue weighted by Crippen LogP contribution is 2.19. The molecule has 2 N–H and O–H groups in total. The number of rotatable bonds is 4. The maximum Gasteiger partial charge on any atom is 0.338 e. The summed E-state index contributed by atoms with van der Waals surface area (Å²) in [6.07, 6.45) is 0.202. The van der Waals surface area contributed by atoms with E-state index in [1.165, 1.54) is 7.11 Å². The normalized spacial score (nSPS) is 12.2. The summed E-state index contributed by atoms with van der Waals surface area (Å²) < 4.78 is 16.8. The molecule has 15 heavy (non-hydrogen) atoms. The predicted molar refractivity (Wildman–Crippen MR) is 55.3 cm³/mol. The molecule has 82 valence electrons. The molecule has 0 aliphatic heterocycles. The summed E-state index contributed by atoms with van der Waals surface area (Å²) in [6.45, 7) is -0.503. The number of halogens is 1. The van der Waals surface area contributed by atoms with Gasteiger partial charge in [-0.1, -0.05) is 18.2 Å². The van der Waals surface area contributed by atoms with E-state index in [-0.39, 0.29) is 6.42 Å². The van der Waals surface area contributed by atoms with E-state index >= 15 is 0 Å². The van der Waals surface area contributed by atoms with Crippen LogP contribution in [0.15, 0.2) is 24.3 Å². The first-order valence-electron chi connectivity index (χ1n) is 4.69. The number of ether oxygens (including phenoxy) is 1. The Bertz CT molecular complexity index is 341. The molecule has 0 heterocycles. The fraction of sp³-hybridized carbons (Fsp3) is 0.364. The lowest BCUT2D eigenvalue weighted by atomic mass is 9.99. The maximum atomic E-state index is 12.1. The van der Waals surface area contributed by atoms with Gasteiger partial charge >= 0.3 is 5.97 Å². The molecule has 0 amide bonds. The number of carbonyl (C=O) groups excluding carboxylic acids is 1. The lowest BCUT2D eigenvalue weighted by molar-refractivity contribution is 0.0598. The molecule has 0 aromatic heterocycles. The molecule has 1 atom stereocenters. The van der Waals surface area contributed by atoms with E-state index in [1.807, 2.05) is 0 Å². The van der Waals surface area contributed by atoms with Gasteiger partial charge in [0.25, 0.3) is 0 Å². The summed E-state index contributed by atoms with van der Waals surface area (Å²) in [5.74, 6) is -0.445. The number of alkyl halides is 1. The van der Waals surface area contributed by atoms with Gasteiger partial charge in [-0.25, -0.2) is 4.79 Å². The average Bonchev–Trinajstić information content (AvgIpc) is 2.28. The largest absolute Gasteiger partial charge is 0.465 e. The van der Waals surface area contributed by atoms with E-state index in [9.17, 15) is 9.18 Å². The Hall–Kier alpha value is -1.42. The third-order valence-electron chi connectivity index (χ3n) is 2.19. The van der Waals surface area contributed by atoms with Crippen molar-refractivity contribution in [1.29, 1.82) is 0 Å². The molecule has 1 aromatic rings. The van der Waals surface area contributed by atoms with Gasteiger partial charge in [0.2, 0.25) is 0 Å². The van der Waals surface area contributed by atoms with Gasteiger partial charge in [0.1, 0.15) is 0 Å². The molecule has 3 nitrogen and oxygen atoms in total. The van der Waals surface area contributed by atoms with E-state index in [2.05, 4.69) is 4.74 Å². The van der Waals surface area contributed by atoms with Crippen molar-refractivity contribution in [2.45, 2.75) is 12.5 Å². The molecule has 0 aliphatic carbocycles. The highest BCUT2D eigenvalue weighted by Gasteiger charge is 2.15. The van der Waals surface area contributed by atoms with Crippen LogP contribution in [0.5, 0.6) is 0 Å². The van der Waals surface area contributed by atoms with Gasteiger partial charge in [0.15, 0.2) is 0 Å². The number of esters is 1. The van der Waals surface area contributed by atoms with Gasteiger partial charge in [-0.3, -0.25) is 4.39 Å². The number of methoxy groups -OCH3 is 1. The van der Waals surface area contributed by atoms with Crippen LogP contribution >= 0.6 is 0 Å². The first-order valence-corrected chi connectivity index (χ1v) is 4.69. The quantitative estimate of drug-likeness (QED) is 0.773. The van der Waals surface area contributed by atoms with Gasteiger partial charge in [-0.05, 0) is 18.1 Å². The Morgan fingerprint density at radius 2 is 2.20 bits per heavy atom. The van der Waals surface area contributed by atoms with Crippen molar-refractivity contribution >= 4 is 5.97 Å². The van der Waals surface area contributed by atoms with Crippen molar-refractivity contribution in [3.05, 3.63) is 35.4 Å². The highest BCUT2D eigenvalue weighted by molar-refractivity contribution is 5.91. The van der Waals surface area contributed by atoms with Crippen LogP contribution in [0.25, 0.3) is 0 Å². The number of nitrogens with two attached hydrogens (primary N) is 1. The van der Waals surface area contributed by atoms with Crippen molar-refractivity contribution in [1.82, 2.24) is 0 Å². The zero-order valence-corrected chi connectivity index (χ0v) is 8.57. The molecule has 1 aromatic carbocycles. The van der Waals surface area contributed by atoms with Crippen molar-refractivity contribution in [2.24, 2.45) is 5.73 Å². The summed E-state index contributed by atoms with van der Waals surface area (Å²) >= 11 is 0. The average molecular weight is 211 g/mol. The fourth-order valence-electron chi connectivity index (χ4n) is 1.39. The van der Waals surface area contributed by atoms with Crippen LogP contribution in [-0.2, 0) is 4.74 Å². The van der Waals surface area contributed by atoms with E-state index < -0.39 is 18.7 Å². The van der Waals surface area contributed by atoms with Gasteiger partial charge in [-0.2, -0.15) is 0 Å². The summed E-state index contributed by atoms with van der Waals surface area (Å²) in [6, 6.07) is 6.36. The number of hydrogen-bond donors (Lipinski definition) is 1. The molecule has 0 unspecified atom stereocenters. The predicted octanol–water partition coefficient (Wildman–Crippen LogP) is 1.83. The zero-order valence-electron chi connectivity index (χ0n) is 8.57. The van der Waals surface area contributed by atoms with Gasteiger partial charge in [0.05, 0.1) is 19.3 Å². The van der Waals surface area contributed by atoms with Gasteiger partial charge in [-0.15, -0.1) is 0 Å². The topological polar surface area (TPSA) is 52.3 Å². The number of hydrogen-bond acceptors (Lipinski definition) is 3. The molecule has 1 rings (SSSR count). The van der Waals surface area contributed by atoms with Crippen LogP contribution in [0.3, 0.4) is 0 Å². The molecular weight excluding hydrogens is 197 g/mol.